The number of aromatic nitrogens is 1. The molecular weight excluding hydrogens is 283 g/mol. The predicted octanol–water partition coefficient (Wildman–Crippen LogP) is 4.32. The second-order valence-corrected chi connectivity index (χ2v) is 5.45. The SMILES string of the molecule is COc1ccc(Sc2nc(C(F)(F)F)cs2)cc1. The van der Waals surface area contributed by atoms with E-state index in [1.807, 2.05) is 0 Å². The Kier molecular flexibility index (Phi) is 3.82. The quantitative estimate of drug-likeness (QED) is 0.840. The van der Waals surface area contributed by atoms with E-state index in [4.69, 9.17) is 4.74 Å². The van der Waals surface area contributed by atoms with Crippen LogP contribution >= 0.6 is 23.1 Å². The second-order valence-electron chi connectivity index (χ2n) is 3.27. The van der Waals surface area contributed by atoms with Crippen molar-refractivity contribution in [2.75, 3.05) is 7.11 Å². The van der Waals surface area contributed by atoms with Crippen molar-refractivity contribution in [2.24, 2.45) is 0 Å². The fraction of sp³-hybridized carbons (Fsp3) is 0.182. The summed E-state index contributed by atoms with van der Waals surface area (Å²) in [7, 11) is 1.55. The van der Waals surface area contributed by atoms with Crippen LogP contribution < -0.4 is 4.74 Å². The Balaban J connectivity index is 2.11. The molecule has 0 aliphatic carbocycles. The zero-order chi connectivity index (χ0) is 13.2. The lowest BCUT2D eigenvalue weighted by Crippen LogP contribution is -2.04. The van der Waals surface area contributed by atoms with Gasteiger partial charge in [-0.2, -0.15) is 13.2 Å². The van der Waals surface area contributed by atoms with E-state index in [2.05, 4.69) is 4.98 Å². The van der Waals surface area contributed by atoms with E-state index in [0.717, 1.165) is 21.6 Å². The maximum atomic E-state index is 12.4. The lowest BCUT2D eigenvalue weighted by molar-refractivity contribution is -0.141. The average Bonchev–Trinajstić information content (AvgIpc) is 2.78. The van der Waals surface area contributed by atoms with Crippen molar-refractivity contribution in [1.82, 2.24) is 4.98 Å². The smallest absolute Gasteiger partial charge is 0.434 e. The van der Waals surface area contributed by atoms with Crippen LogP contribution in [0.2, 0.25) is 0 Å². The first-order valence-electron chi connectivity index (χ1n) is 4.83. The molecule has 1 aromatic carbocycles. The highest BCUT2D eigenvalue weighted by Crippen LogP contribution is 2.36. The molecule has 0 bridgehead atoms. The van der Waals surface area contributed by atoms with Crippen LogP contribution in [0.25, 0.3) is 0 Å². The molecule has 1 heterocycles. The zero-order valence-corrected chi connectivity index (χ0v) is 10.8. The van der Waals surface area contributed by atoms with Crippen molar-refractivity contribution in [1.29, 1.82) is 0 Å². The van der Waals surface area contributed by atoms with E-state index < -0.39 is 11.9 Å². The molecule has 0 N–H and O–H groups in total. The van der Waals surface area contributed by atoms with Crippen molar-refractivity contribution < 1.29 is 17.9 Å². The standard InChI is InChI=1S/C11H8F3NOS2/c1-16-7-2-4-8(5-3-7)18-10-15-9(6-17-10)11(12,13)14/h2-6H,1H3. The van der Waals surface area contributed by atoms with Gasteiger partial charge in [0.25, 0.3) is 0 Å². The number of alkyl halides is 3. The van der Waals surface area contributed by atoms with Gasteiger partial charge in [-0.15, -0.1) is 11.3 Å². The third kappa shape index (κ3) is 3.17. The molecule has 0 saturated carbocycles. The molecule has 0 amide bonds. The monoisotopic (exact) mass is 291 g/mol. The van der Waals surface area contributed by atoms with Crippen LogP contribution in [0.4, 0.5) is 13.2 Å². The number of nitrogens with zero attached hydrogens (tertiary/aromatic N) is 1. The van der Waals surface area contributed by atoms with Gasteiger partial charge >= 0.3 is 6.18 Å². The van der Waals surface area contributed by atoms with Gasteiger partial charge in [0, 0.05) is 10.3 Å². The van der Waals surface area contributed by atoms with Crippen molar-refractivity contribution in [2.45, 2.75) is 15.4 Å². The van der Waals surface area contributed by atoms with Gasteiger partial charge in [-0.1, -0.05) is 11.8 Å². The number of benzene rings is 1. The van der Waals surface area contributed by atoms with Crippen LogP contribution in [-0.2, 0) is 6.18 Å². The molecule has 18 heavy (non-hydrogen) atoms. The van der Waals surface area contributed by atoms with Crippen molar-refractivity contribution in [3.05, 3.63) is 35.3 Å². The minimum Gasteiger partial charge on any atom is -0.497 e. The lowest BCUT2D eigenvalue weighted by Gasteiger charge is -2.01. The van der Waals surface area contributed by atoms with Crippen LogP contribution in [0.3, 0.4) is 0 Å². The maximum absolute atomic E-state index is 12.4. The van der Waals surface area contributed by atoms with Crippen LogP contribution in [0, 0.1) is 0 Å². The molecule has 96 valence electrons. The van der Waals surface area contributed by atoms with Gasteiger partial charge < -0.3 is 4.74 Å². The van der Waals surface area contributed by atoms with E-state index in [0.29, 0.717) is 10.1 Å². The Morgan fingerprint density at radius 2 is 1.89 bits per heavy atom. The molecule has 2 nitrogen and oxygen atoms in total. The maximum Gasteiger partial charge on any atom is 0.434 e. The Morgan fingerprint density at radius 1 is 1.22 bits per heavy atom. The molecule has 1 aromatic heterocycles. The molecule has 0 saturated heterocycles. The van der Waals surface area contributed by atoms with Crippen LogP contribution in [0.5, 0.6) is 5.75 Å². The molecule has 0 aliphatic rings. The second kappa shape index (κ2) is 5.19. The molecule has 0 spiro atoms. The van der Waals surface area contributed by atoms with E-state index in [-0.39, 0.29) is 0 Å². The topological polar surface area (TPSA) is 22.1 Å². The number of methoxy groups -OCH3 is 1. The van der Waals surface area contributed by atoms with Crippen LogP contribution in [0.15, 0.2) is 38.9 Å². The highest BCUT2D eigenvalue weighted by Gasteiger charge is 2.33. The molecule has 0 aliphatic heterocycles. The normalized spacial score (nSPS) is 11.6. The van der Waals surface area contributed by atoms with E-state index in [9.17, 15) is 13.2 Å². The Morgan fingerprint density at radius 3 is 2.39 bits per heavy atom. The summed E-state index contributed by atoms with van der Waals surface area (Å²) in [6, 6.07) is 7.05. The first-order valence-corrected chi connectivity index (χ1v) is 6.53. The van der Waals surface area contributed by atoms with Gasteiger partial charge in [-0.05, 0) is 24.3 Å². The highest BCUT2D eigenvalue weighted by atomic mass is 32.2. The number of hydrogen-bond donors (Lipinski definition) is 0. The summed E-state index contributed by atoms with van der Waals surface area (Å²) < 4.78 is 42.4. The summed E-state index contributed by atoms with van der Waals surface area (Å²) >= 11 is 2.18. The molecular formula is C11H8F3NOS2. The van der Waals surface area contributed by atoms with Crippen molar-refractivity contribution >= 4 is 23.1 Å². The number of hydrogen-bond acceptors (Lipinski definition) is 4. The first-order chi connectivity index (χ1) is 8.49. The third-order valence-electron chi connectivity index (χ3n) is 2.04. The molecule has 0 radical (unpaired) electrons. The molecule has 0 unspecified atom stereocenters. The fourth-order valence-corrected chi connectivity index (χ4v) is 2.97. The Labute approximate surface area is 110 Å². The van der Waals surface area contributed by atoms with Gasteiger partial charge in [0.1, 0.15) is 5.75 Å². The number of rotatable bonds is 3. The molecule has 2 rings (SSSR count). The molecule has 2 aromatic rings. The van der Waals surface area contributed by atoms with Crippen molar-refractivity contribution in [3.63, 3.8) is 0 Å². The summed E-state index contributed by atoms with van der Waals surface area (Å²) in [5.41, 5.74) is -0.844. The number of ether oxygens (including phenoxy) is 1. The number of thiazole rings is 1. The van der Waals surface area contributed by atoms with Crippen LogP contribution in [0.1, 0.15) is 5.69 Å². The summed E-state index contributed by atoms with van der Waals surface area (Å²) in [5.74, 6) is 0.703. The molecule has 7 heteroatoms. The molecule has 0 atom stereocenters. The van der Waals surface area contributed by atoms with E-state index in [1.165, 1.54) is 11.8 Å². The van der Waals surface area contributed by atoms with Crippen molar-refractivity contribution in [3.8, 4) is 5.75 Å². The Bertz CT molecular complexity index is 522. The van der Waals surface area contributed by atoms with Crippen LogP contribution in [-0.4, -0.2) is 12.1 Å². The average molecular weight is 291 g/mol. The summed E-state index contributed by atoms with van der Waals surface area (Å²) in [6.07, 6.45) is -4.38. The molecule has 0 fully saturated rings. The highest BCUT2D eigenvalue weighted by molar-refractivity contribution is 8.01. The first kappa shape index (κ1) is 13.2. The largest absolute Gasteiger partial charge is 0.497 e. The van der Waals surface area contributed by atoms with E-state index >= 15 is 0 Å². The van der Waals surface area contributed by atoms with Gasteiger partial charge in [0.2, 0.25) is 0 Å². The summed E-state index contributed by atoms with van der Waals surface area (Å²) in [6.45, 7) is 0. The van der Waals surface area contributed by atoms with E-state index in [1.54, 1.807) is 31.4 Å². The number of halogens is 3. The zero-order valence-electron chi connectivity index (χ0n) is 9.19. The van der Waals surface area contributed by atoms with Gasteiger partial charge in [0.15, 0.2) is 10.0 Å². The Hall–Kier alpha value is -1.21. The van der Waals surface area contributed by atoms with Gasteiger partial charge in [0.05, 0.1) is 7.11 Å². The third-order valence-corrected chi connectivity index (χ3v) is 3.98. The minimum absolute atomic E-state index is 0.368. The predicted molar refractivity (Wildman–Crippen MR) is 64.2 cm³/mol. The van der Waals surface area contributed by atoms with Gasteiger partial charge in [-0.25, -0.2) is 4.98 Å². The lowest BCUT2D eigenvalue weighted by atomic mass is 10.3. The fourth-order valence-electron chi connectivity index (χ4n) is 1.18. The van der Waals surface area contributed by atoms with Gasteiger partial charge in [-0.3, -0.25) is 0 Å². The summed E-state index contributed by atoms with van der Waals surface area (Å²) in [5, 5.41) is 1.02. The summed E-state index contributed by atoms with van der Waals surface area (Å²) in [4.78, 5) is 4.36. The minimum atomic E-state index is -4.38.